The maximum atomic E-state index is 6.39. The molecule has 4 heteroatoms. The number of rotatable bonds is 3. The van der Waals surface area contributed by atoms with Gasteiger partial charge in [-0.25, -0.2) is 0 Å². The van der Waals surface area contributed by atoms with Gasteiger partial charge in [0.05, 0.1) is 22.8 Å². The SMILES string of the molecule is Cc1cc(Cl)c(NCc2cccn2C)c2cccnc12. The molecule has 0 saturated carbocycles. The summed E-state index contributed by atoms with van der Waals surface area (Å²) in [6, 6.07) is 10.1. The molecule has 2 heterocycles. The summed E-state index contributed by atoms with van der Waals surface area (Å²) in [5.41, 5.74) is 4.24. The van der Waals surface area contributed by atoms with E-state index < -0.39 is 0 Å². The van der Waals surface area contributed by atoms with Gasteiger partial charge in [0.1, 0.15) is 0 Å². The van der Waals surface area contributed by atoms with Gasteiger partial charge in [-0.15, -0.1) is 0 Å². The van der Waals surface area contributed by atoms with Gasteiger partial charge in [0.25, 0.3) is 0 Å². The van der Waals surface area contributed by atoms with E-state index in [0.29, 0.717) is 0 Å². The van der Waals surface area contributed by atoms with Crippen molar-refractivity contribution in [1.82, 2.24) is 9.55 Å². The summed E-state index contributed by atoms with van der Waals surface area (Å²) in [6.07, 6.45) is 3.84. The van der Waals surface area contributed by atoms with Crippen LogP contribution < -0.4 is 5.32 Å². The van der Waals surface area contributed by atoms with Crippen LogP contribution in [-0.4, -0.2) is 9.55 Å². The largest absolute Gasteiger partial charge is 0.378 e. The lowest BCUT2D eigenvalue weighted by molar-refractivity contribution is 0.843. The van der Waals surface area contributed by atoms with Crippen molar-refractivity contribution in [2.75, 3.05) is 5.32 Å². The standard InChI is InChI=1S/C16H16ClN3/c1-11-9-14(17)16(13-6-3-7-18-15(11)13)19-10-12-5-4-8-20(12)2/h3-9,19H,10H2,1-2H3. The minimum absolute atomic E-state index is 0.732. The molecule has 0 radical (unpaired) electrons. The molecule has 1 aromatic carbocycles. The normalized spacial score (nSPS) is 10.9. The third-order valence-corrected chi connectivity index (χ3v) is 3.83. The summed E-state index contributed by atoms with van der Waals surface area (Å²) < 4.78 is 2.09. The monoisotopic (exact) mass is 285 g/mol. The molecule has 0 aliphatic rings. The number of halogens is 1. The Morgan fingerprint density at radius 2 is 2.15 bits per heavy atom. The lowest BCUT2D eigenvalue weighted by atomic mass is 10.1. The van der Waals surface area contributed by atoms with Crippen LogP contribution in [0, 0.1) is 6.92 Å². The molecular weight excluding hydrogens is 270 g/mol. The van der Waals surface area contributed by atoms with Gasteiger partial charge < -0.3 is 9.88 Å². The average molecular weight is 286 g/mol. The zero-order valence-corrected chi connectivity index (χ0v) is 12.3. The van der Waals surface area contributed by atoms with Crippen LogP contribution in [0.25, 0.3) is 10.9 Å². The molecule has 0 unspecified atom stereocenters. The van der Waals surface area contributed by atoms with Crippen molar-refractivity contribution >= 4 is 28.2 Å². The highest BCUT2D eigenvalue weighted by molar-refractivity contribution is 6.35. The van der Waals surface area contributed by atoms with Crippen LogP contribution in [0.15, 0.2) is 42.7 Å². The van der Waals surface area contributed by atoms with E-state index in [-0.39, 0.29) is 0 Å². The number of benzene rings is 1. The zero-order chi connectivity index (χ0) is 14.1. The second kappa shape index (κ2) is 5.17. The Hall–Kier alpha value is -2.00. The molecule has 20 heavy (non-hydrogen) atoms. The molecule has 3 rings (SSSR count). The minimum atomic E-state index is 0.732. The second-order valence-corrected chi connectivity index (χ2v) is 5.32. The number of fused-ring (bicyclic) bond motifs is 1. The predicted molar refractivity (Wildman–Crippen MR) is 84.2 cm³/mol. The Kier molecular flexibility index (Phi) is 3.36. The Labute approximate surface area is 123 Å². The van der Waals surface area contributed by atoms with E-state index >= 15 is 0 Å². The van der Waals surface area contributed by atoms with Crippen molar-refractivity contribution in [2.24, 2.45) is 7.05 Å². The quantitative estimate of drug-likeness (QED) is 0.783. The molecule has 0 spiro atoms. The summed E-state index contributed by atoms with van der Waals surface area (Å²) in [5.74, 6) is 0. The number of hydrogen-bond acceptors (Lipinski definition) is 2. The van der Waals surface area contributed by atoms with E-state index in [2.05, 4.69) is 27.0 Å². The van der Waals surface area contributed by atoms with Gasteiger partial charge in [0, 0.05) is 30.5 Å². The molecule has 0 saturated heterocycles. The molecule has 3 nitrogen and oxygen atoms in total. The van der Waals surface area contributed by atoms with Crippen molar-refractivity contribution in [1.29, 1.82) is 0 Å². The Bertz CT molecular complexity index is 762. The smallest absolute Gasteiger partial charge is 0.0752 e. The molecular formula is C16H16ClN3. The van der Waals surface area contributed by atoms with Crippen LogP contribution in [0.2, 0.25) is 5.02 Å². The Balaban J connectivity index is 2.01. The van der Waals surface area contributed by atoms with Crippen LogP contribution in [0.4, 0.5) is 5.69 Å². The first kappa shape index (κ1) is 13.0. The van der Waals surface area contributed by atoms with Gasteiger partial charge in [0.2, 0.25) is 0 Å². The molecule has 0 fully saturated rings. The van der Waals surface area contributed by atoms with Crippen LogP contribution in [-0.2, 0) is 13.6 Å². The molecule has 2 aromatic heterocycles. The van der Waals surface area contributed by atoms with Crippen molar-refractivity contribution in [3.8, 4) is 0 Å². The Morgan fingerprint density at radius 3 is 2.90 bits per heavy atom. The molecule has 102 valence electrons. The maximum absolute atomic E-state index is 6.39. The van der Waals surface area contributed by atoms with Gasteiger partial charge in [-0.05, 0) is 42.8 Å². The van der Waals surface area contributed by atoms with Crippen molar-refractivity contribution in [3.05, 3.63) is 59.0 Å². The lowest BCUT2D eigenvalue weighted by Gasteiger charge is -2.13. The molecule has 0 amide bonds. The number of nitrogens with zero attached hydrogens (tertiary/aromatic N) is 2. The highest BCUT2D eigenvalue weighted by Crippen LogP contribution is 2.32. The lowest BCUT2D eigenvalue weighted by Crippen LogP contribution is -2.05. The van der Waals surface area contributed by atoms with Gasteiger partial charge in [-0.1, -0.05) is 11.6 Å². The fourth-order valence-corrected chi connectivity index (χ4v) is 2.75. The van der Waals surface area contributed by atoms with Gasteiger partial charge in [-0.2, -0.15) is 0 Å². The first-order chi connectivity index (χ1) is 9.66. The van der Waals surface area contributed by atoms with E-state index in [1.54, 1.807) is 0 Å². The third-order valence-electron chi connectivity index (χ3n) is 3.53. The molecule has 0 aliphatic heterocycles. The van der Waals surface area contributed by atoms with Crippen LogP contribution >= 0.6 is 11.6 Å². The summed E-state index contributed by atoms with van der Waals surface area (Å²) >= 11 is 6.39. The van der Waals surface area contributed by atoms with Crippen LogP contribution in [0.3, 0.4) is 0 Å². The molecule has 1 N–H and O–H groups in total. The van der Waals surface area contributed by atoms with E-state index in [4.69, 9.17) is 11.6 Å². The maximum Gasteiger partial charge on any atom is 0.0752 e. The van der Waals surface area contributed by atoms with Crippen molar-refractivity contribution < 1.29 is 0 Å². The van der Waals surface area contributed by atoms with E-state index in [9.17, 15) is 0 Å². The van der Waals surface area contributed by atoms with Crippen molar-refractivity contribution in [3.63, 3.8) is 0 Å². The molecule has 0 bridgehead atoms. The summed E-state index contributed by atoms with van der Waals surface area (Å²) in [4.78, 5) is 4.44. The second-order valence-electron chi connectivity index (χ2n) is 4.91. The first-order valence-corrected chi connectivity index (χ1v) is 6.92. The molecule has 3 aromatic rings. The highest BCUT2D eigenvalue weighted by atomic mass is 35.5. The van der Waals surface area contributed by atoms with Gasteiger partial charge in [-0.3, -0.25) is 4.98 Å². The predicted octanol–water partition coefficient (Wildman–Crippen LogP) is 4.15. The molecule has 0 atom stereocenters. The fraction of sp³-hybridized carbons (Fsp3) is 0.188. The molecule has 0 aliphatic carbocycles. The van der Waals surface area contributed by atoms with Crippen molar-refractivity contribution in [2.45, 2.75) is 13.5 Å². The fourth-order valence-electron chi connectivity index (χ4n) is 2.42. The minimum Gasteiger partial charge on any atom is -0.378 e. The first-order valence-electron chi connectivity index (χ1n) is 6.54. The zero-order valence-electron chi connectivity index (χ0n) is 11.5. The third kappa shape index (κ3) is 2.25. The summed E-state index contributed by atoms with van der Waals surface area (Å²) in [6.45, 7) is 2.76. The number of pyridine rings is 1. The summed E-state index contributed by atoms with van der Waals surface area (Å²) in [5, 5.41) is 5.23. The van der Waals surface area contributed by atoms with Crippen LogP contribution in [0.5, 0.6) is 0 Å². The number of aromatic nitrogens is 2. The number of hydrogen-bond donors (Lipinski definition) is 1. The topological polar surface area (TPSA) is 29.9 Å². The van der Waals surface area contributed by atoms with E-state index in [1.165, 1.54) is 5.69 Å². The number of anilines is 1. The highest BCUT2D eigenvalue weighted by Gasteiger charge is 2.09. The van der Waals surface area contributed by atoms with E-state index in [1.807, 2.05) is 44.6 Å². The Morgan fingerprint density at radius 1 is 1.30 bits per heavy atom. The van der Waals surface area contributed by atoms with Gasteiger partial charge in [0.15, 0.2) is 0 Å². The number of nitrogens with one attached hydrogen (secondary N) is 1. The summed E-state index contributed by atoms with van der Waals surface area (Å²) in [7, 11) is 2.04. The van der Waals surface area contributed by atoms with Crippen LogP contribution in [0.1, 0.15) is 11.3 Å². The van der Waals surface area contributed by atoms with Gasteiger partial charge >= 0.3 is 0 Å². The number of aryl methyl sites for hydroxylation is 2. The average Bonchev–Trinajstić information content (AvgIpc) is 2.84. The van der Waals surface area contributed by atoms with E-state index in [0.717, 1.165) is 33.7 Å².